The van der Waals surface area contributed by atoms with Crippen LogP contribution in [0, 0.1) is 5.82 Å². The molecule has 0 heterocycles. The Hall–Kier alpha value is -2.62. The fourth-order valence-electron chi connectivity index (χ4n) is 4.46. The molecule has 0 N–H and O–H groups in total. The number of alkyl halides is 3. The molecule has 0 aromatic heterocycles. The largest absolute Gasteiger partial charge is 0.419 e. The Morgan fingerprint density at radius 2 is 1.39 bits per heavy atom. The van der Waals surface area contributed by atoms with Gasteiger partial charge in [0, 0.05) is 0 Å². The summed E-state index contributed by atoms with van der Waals surface area (Å²) in [5, 5.41) is 0. The number of hydrogen-bond donors (Lipinski definition) is 0. The Morgan fingerprint density at radius 3 is 2.10 bits per heavy atom. The Bertz CT molecular complexity index is 1080. The van der Waals surface area contributed by atoms with Gasteiger partial charge in [0.25, 0.3) is 0 Å². The van der Waals surface area contributed by atoms with Crippen LogP contribution in [0.2, 0.25) is 0 Å². The average Bonchev–Trinajstić information content (AvgIpc) is 3.09. The molecule has 0 spiro atoms. The fraction of sp³-hybridized carbons (Fsp3) is 0.333. The summed E-state index contributed by atoms with van der Waals surface area (Å²) in [5.41, 5.74) is 6.10. The van der Waals surface area contributed by atoms with Gasteiger partial charge in [0.15, 0.2) is 0 Å². The lowest BCUT2D eigenvalue weighted by Crippen LogP contribution is -2.07. The quantitative estimate of drug-likeness (QED) is 0.205. The minimum absolute atomic E-state index is 0.456. The summed E-state index contributed by atoms with van der Waals surface area (Å²) in [6.45, 7) is 2.22. The maximum Gasteiger partial charge on any atom is 0.419 e. The molecule has 0 saturated carbocycles. The van der Waals surface area contributed by atoms with Crippen molar-refractivity contribution in [2.24, 2.45) is 0 Å². The smallest absolute Gasteiger partial charge is 0.206 e. The zero-order valence-electron chi connectivity index (χ0n) is 17.7. The molecule has 0 aliphatic heterocycles. The van der Waals surface area contributed by atoms with Crippen LogP contribution in [-0.2, 0) is 19.0 Å². The highest BCUT2D eigenvalue weighted by atomic mass is 19.4. The summed E-state index contributed by atoms with van der Waals surface area (Å²) in [7, 11) is 0. The first kappa shape index (κ1) is 21.6. The number of aryl methyl sites for hydroxylation is 1. The Labute approximate surface area is 180 Å². The van der Waals surface area contributed by atoms with Crippen molar-refractivity contribution in [3.63, 3.8) is 0 Å². The van der Waals surface area contributed by atoms with Gasteiger partial charge in [-0.1, -0.05) is 75.1 Å². The predicted molar refractivity (Wildman–Crippen MR) is 118 cm³/mol. The summed E-state index contributed by atoms with van der Waals surface area (Å²) in [6, 6.07) is 15.6. The lowest BCUT2D eigenvalue weighted by atomic mass is 9.97. The van der Waals surface area contributed by atoms with Crippen LogP contribution in [0.5, 0.6) is 0 Å². The molecule has 0 bridgehead atoms. The van der Waals surface area contributed by atoms with E-state index in [9.17, 15) is 17.6 Å². The van der Waals surface area contributed by atoms with Crippen molar-refractivity contribution >= 4 is 0 Å². The van der Waals surface area contributed by atoms with E-state index < -0.39 is 17.6 Å². The van der Waals surface area contributed by atoms with E-state index in [1.165, 1.54) is 54.9 Å². The van der Waals surface area contributed by atoms with Gasteiger partial charge in [-0.2, -0.15) is 13.2 Å². The molecule has 3 aromatic carbocycles. The molecule has 1 aliphatic rings. The Kier molecular flexibility index (Phi) is 6.17. The van der Waals surface area contributed by atoms with Crippen molar-refractivity contribution < 1.29 is 17.6 Å². The SMILES string of the molecule is CCCCCCCc1ccc2c(c1)Cc1cc(-c3ccc(C(F)(F)F)c(F)c3)ccc1-2. The van der Waals surface area contributed by atoms with Gasteiger partial charge in [-0.15, -0.1) is 0 Å². The number of unbranched alkanes of at least 4 members (excludes halogenated alkanes) is 4. The van der Waals surface area contributed by atoms with Crippen LogP contribution >= 0.6 is 0 Å². The lowest BCUT2D eigenvalue weighted by molar-refractivity contribution is -0.139. The van der Waals surface area contributed by atoms with E-state index >= 15 is 0 Å². The van der Waals surface area contributed by atoms with Crippen molar-refractivity contribution in [1.29, 1.82) is 0 Å². The van der Waals surface area contributed by atoms with Gasteiger partial charge in [0.2, 0.25) is 0 Å². The molecule has 162 valence electrons. The molecule has 31 heavy (non-hydrogen) atoms. The first-order valence-corrected chi connectivity index (χ1v) is 11.0. The predicted octanol–water partition coefficient (Wildman–Crippen LogP) is 8.60. The highest BCUT2D eigenvalue weighted by molar-refractivity contribution is 5.80. The zero-order valence-corrected chi connectivity index (χ0v) is 17.7. The van der Waals surface area contributed by atoms with Crippen molar-refractivity contribution in [3.05, 3.63) is 82.7 Å². The molecule has 0 unspecified atom stereocenters. The van der Waals surface area contributed by atoms with Gasteiger partial charge in [0.1, 0.15) is 5.82 Å². The summed E-state index contributed by atoms with van der Waals surface area (Å²) in [6.07, 6.45) is 3.50. The first-order valence-electron chi connectivity index (χ1n) is 11.0. The molecular formula is C27H26F4. The third-order valence-electron chi connectivity index (χ3n) is 6.12. The summed E-state index contributed by atoms with van der Waals surface area (Å²) < 4.78 is 52.5. The highest BCUT2D eigenvalue weighted by Crippen LogP contribution is 2.40. The molecule has 0 nitrogen and oxygen atoms in total. The molecule has 0 fully saturated rings. The number of hydrogen-bond acceptors (Lipinski definition) is 0. The van der Waals surface area contributed by atoms with E-state index in [0.29, 0.717) is 5.56 Å². The van der Waals surface area contributed by atoms with Gasteiger partial charge < -0.3 is 0 Å². The number of fused-ring (bicyclic) bond motifs is 3. The van der Waals surface area contributed by atoms with Crippen LogP contribution in [0.25, 0.3) is 22.3 Å². The fourth-order valence-corrected chi connectivity index (χ4v) is 4.46. The molecule has 4 rings (SSSR count). The highest BCUT2D eigenvalue weighted by Gasteiger charge is 2.34. The summed E-state index contributed by atoms with van der Waals surface area (Å²) in [4.78, 5) is 0. The monoisotopic (exact) mass is 426 g/mol. The molecule has 3 aromatic rings. The third kappa shape index (κ3) is 4.68. The normalized spacial score (nSPS) is 12.7. The molecule has 0 radical (unpaired) electrons. The van der Waals surface area contributed by atoms with Crippen molar-refractivity contribution in [3.8, 4) is 22.3 Å². The van der Waals surface area contributed by atoms with Crippen molar-refractivity contribution in [2.75, 3.05) is 0 Å². The van der Waals surface area contributed by atoms with Crippen molar-refractivity contribution in [1.82, 2.24) is 0 Å². The van der Waals surface area contributed by atoms with Crippen LogP contribution < -0.4 is 0 Å². The second-order valence-electron chi connectivity index (χ2n) is 8.40. The van der Waals surface area contributed by atoms with Crippen LogP contribution in [0.15, 0.2) is 54.6 Å². The van der Waals surface area contributed by atoms with Crippen LogP contribution in [0.4, 0.5) is 17.6 Å². The Balaban J connectivity index is 1.51. The molecule has 0 amide bonds. The van der Waals surface area contributed by atoms with Crippen LogP contribution in [0.1, 0.15) is 61.3 Å². The van der Waals surface area contributed by atoms with E-state index in [0.717, 1.165) is 41.7 Å². The summed E-state index contributed by atoms with van der Waals surface area (Å²) in [5.74, 6) is -1.24. The first-order chi connectivity index (χ1) is 14.9. The van der Waals surface area contributed by atoms with Crippen LogP contribution in [-0.4, -0.2) is 0 Å². The Morgan fingerprint density at radius 1 is 0.742 bits per heavy atom. The van der Waals surface area contributed by atoms with Gasteiger partial charge in [-0.3, -0.25) is 0 Å². The summed E-state index contributed by atoms with van der Waals surface area (Å²) >= 11 is 0. The lowest BCUT2D eigenvalue weighted by Gasteiger charge is -2.10. The van der Waals surface area contributed by atoms with E-state index in [2.05, 4.69) is 25.1 Å². The van der Waals surface area contributed by atoms with Crippen molar-refractivity contribution in [2.45, 2.75) is 58.0 Å². The molecule has 4 heteroatoms. The van der Waals surface area contributed by atoms with E-state index in [-0.39, 0.29) is 0 Å². The maximum atomic E-state index is 14.0. The standard InChI is InChI=1S/C27H26F4/c1-2-3-4-5-6-7-18-8-11-23-21(14-18)16-22-15-19(9-12-24(22)23)20-10-13-25(26(28)17-20)27(29,30)31/h8-15,17H,2-7,16H2,1H3. The molecule has 1 aliphatic carbocycles. The zero-order chi connectivity index (χ0) is 22.0. The number of rotatable bonds is 7. The second-order valence-corrected chi connectivity index (χ2v) is 8.40. The van der Waals surface area contributed by atoms with Crippen LogP contribution in [0.3, 0.4) is 0 Å². The second kappa shape index (κ2) is 8.86. The van der Waals surface area contributed by atoms with Gasteiger partial charge in [-0.25, -0.2) is 4.39 Å². The van der Waals surface area contributed by atoms with E-state index in [1.54, 1.807) is 0 Å². The third-order valence-corrected chi connectivity index (χ3v) is 6.12. The maximum absolute atomic E-state index is 14.0. The van der Waals surface area contributed by atoms with E-state index in [4.69, 9.17) is 0 Å². The molecule has 0 saturated heterocycles. The van der Waals surface area contributed by atoms with E-state index in [1.807, 2.05) is 18.2 Å². The minimum atomic E-state index is -4.68. The van der Waals surface area contributed by atoms with Gasteiger partial charge >= 0.3 is 6.18 Å². The average molecular weight is 426 g/mol. The number of benzene rings is 3. The number of halogens is 4. The molecule has 0 atom stereocenters. The minimum Gasteiger partial charge on any atom is -0.206 e. The van der Waals surface area contributed by atoms with Gasteiger partial charge in [-0.05, 0) is 70.3 Å². The topological polar surface area (TPSA) is 0 Å². The van der Waals surface area contributed by atoms with Gasteiger partial charge in [0.05, 0.1) is 5.56 Å². The molecular weight excluding hydrogens is 400 g/mol.